The predicted molar refractivity (Wildman–Crippen MR) is 150 cm³/mol. The van der Waals surface area contributed by atoms with Crippen molar-refractivity contribution in [2.24, 2.45) is 0 Å². The second kappa shape index (κ2) is 12.3. The average Bonchev–Trinajstić information content (AvgIpc) is 3.57. The molecule has 0 fully saturated rings. The van der Waals surface area contributed by atoms with Crippen molar-refractivity contribution in [1.29, 1.82) is 0 Å². The Kier molecular flexibility index (Phi) is 8.85. The highest BCUT2D eigenvalue weighted by Crippen LogP contribution is 2.22. The van der Waals surface area contributed by atoms with Crippen LogP contribution in [0.1, 0.15) is 46.8 Å². The highest BCUT2D eigenvalue weighted by molar-refractivity contribution is 7.89. The van der Waals surface area contributed by atoms with Crippen LogP contribution in [0.4, 0.5) is 5.95 Å². The van der Waals surface area contributed by atoms with E-state index in [1.807, 2.05) is 13.8 Å². The summed E-state index contributed by atoms with van der Waals surface area (Å²) >= 11 is 0. The monoisotopic (exact) mass is 567 g/mol. The van der Waals surface area contributed by atoms with E-state index in [1.54, 1.807) is 62.8 Å². The van der Waals surface area contributed by atoms with E-state index in [4.69, 9.17) is 4.74 Å². The number of esters is 1. The van der Waals surface area contributed by atoms with Crippen molar-refractivity contribution >= 4 is 38.8 Å². The van der Waals surface area contributed by atoms with E-state index >= 15 is 0 Å². The Hall–Kier alpha value is -4.23. The van der Waals surface area contributed by atoms with Gasteiger partial charge in [-0.15, -0.1) is 0 Å². The number of para-hydroxylation sites is 1. The van der Waals surface area contributed by atoms with Crippen LogP contribution in [-0.4, -0.2) is 59.3 Å². The van der Waals surface area contributed by atoms with E-state index in [1.165, 1.54) is 0 Å². The molecule has 0 saturated carbocycles. The number of sulfonamides is 1. The maximum atomic E-state index is 13.5. The zero-order valence-corrected chi connectivity index (χ0v) is 23.6. The van der Waals surface area contributed by atoms with Gasteiger partial charge in [0.1, 0.15) is 6.04 Å². The first kappa shape index (κ1) is 28.8. The van der Waals surface area contributed by atoms with Gasteiger partial charge in [-0.1, -0.05) is 43.2 Å². The number of benzene rings is 2. The topological polar surface area (TPSA) is 171 Å². The fraction of sp³-hybridized carbons (Fsp3) is 0.333. The summed E-state index contributed by atoms with van der Waals surface area (Å²) < 4.78 is 35.2. The maximum Gasteiger partial charge on any atom is 0.327 e. The molecule has 0 aliphatic rings. The summed E-state index contributed by atoms with van der Waals surface area (Å²) in [5.74, 6) is -0.966. The van der Waals surface area contributed by atoms with Crippen molar-refractivity contribution in [3.63, 3.8) is 0 Å². The van der Waals surface area contributed by atoms with Gasteiger partial charge >= 0.3 is 5.97 Å². The maximum absolute atomic E-state index is 13.5. The number of ether oxygens (including phenoxy) is 1. The van der Waals surface area contributed by atoms with Crippen molar-refractivity contribution in [3.05, 3.63) is 71.2 Å². The minimum Gasteiger partial charge on any atom is -0.440 e. The van der Waals surface area contributed by atoms with Crippen LogP contribution < -0.4 is 15.4 Å². The number of nitrogens with zero attached hydrogens (tertiary/aromatic N) is 2. The Labute approximate surface area is 232 Å². The van der Waals surface area contributed by atoms with Crippen molar-refractivity contribution in [1.82, 2.24) is 30.2 Å². The van der Waals surface area contributed by atoms with Gasteiger partial charge in [-0.25, -0.2) is 13.4 Å². The summed E-state index contributed by atoms with van der Waals surface area (Å²) in [6.07, 6.45) is 5.09. The van der Waals surface area contributed by atoms with Crippen molar-refractivity contribution in [2.45, 2.75) is 57.7 Å². The van der Waals surface area contributed by atoms with E-state index < -0.39 is 34.2 Å². The Balaban J connectivity index is 1.59. The molecule has 0 aliphatic heterocycles. The molecule has 5 N–H and O–H groups in total. The summed E-state index contributed by atoms with van der Waals surface area (Å²) in [5.41, 5.74) is 2.82. The second-order valence-electron chi connectivity index (χ2n) is 9.55. The molecule has 0 radical (unpaired) electrons. The lowest BCUT2D eigenvalue weighted by Crippen LogP contribution is -2.50. The minimum absolute atomic E-state index is 0.0725. The van der Waals surface area contributed by atoms with Crippen LogP contribution >= 0.6 is 0 Å². The Morgan fingerprint density at radius 3 is 2.55 bits per heavy atom. The van der Waals surface area contributed by atoms with Crippen LogP contribution in [0.2, 0.25) is 0 Å². The third-order valence-corrected chi connectivity index (χ3v) is 8.02. The summed E-state index contributed by atoms with van der Waals surface area (Å²) in [6, 6.07) is 7.21. The summed E-state index contributed by atoms with van der Waals surface area (Å²) in [4.78, 5) is 33.6. The molecule has 40 heavy (non-hydrogen) atoms. The SMILES string of the molecule is CCCC(Nc1ncc[nH]1)OC(=O)C(CNC(=O)c1cccc2cn[nH]c12)NS(=O)(=O)c1c(C)cc(C)cc1C. The van der Waals surface area contributed by atoms with Crippen LogP contribution in [0.5, 0.6) is 0 Å². The van der Waals surface area contributed by atoms with Gasteiger partial charge in [-0.3, -0.25) is 14.7 Å². The largest absolute Gasteiger partial charge is 0.440 e. The summed E-state index contributed by atoms with van der Waals surface area (Å²) in [6.45, 7) is 6.83. The zero-order chi connectivity index (χ0) is 28.9. The number of fused-ring (bicyclic) bond motifs is 1. The molecule has 2 aromatic heterocycles. The molecule has 2 heterocycles. The number of H-pyrrole nitrogens is 2. The number of aromatic amines is 2. The summed E-state index contributed by atoms with van der Waals surface area (Å²) in [5, 5.41) is 13.1. The molecule has 12 nitrogen and oxygen atoms in total. The van der Waals surface area contributed by atoms with Crippen molar-refractivity contribution in [2.75, 3.05) is 11.9 Å². The first-order valence-corrected chi connectivity index (χ1v) is 14.3. The number of rotatable bonds is 12. The van der Waals surface area contributed by atoms with Crippen LogP contribution in [0, 0.1) is 20.8 Å². The Morgan fingerprint density at radius 1 is 1.12 bits per heavy atom. The number of carbonyl (C=O) groups excluding carboxylic acids is 2. The lowest BCUT2D eigenvalue weighted by atomic mass is 10.1. The quantitative estimate of drug-likeness (QED) is 0.128. The first-order chi connectivity index (χ1) is 19.1. The fourth-order valence-electron chi connectivity index (χ4n) is 4.60. The standard InChI is InChI=1S/C27H33N7O5S/c1-5-7-22(32-27-28-10-11-29-27)39-26(36)21(34-40(37,38)24-17(3)12-16(2)13-18(24)4)15-30-25(35)20-9-6-8-19-14-31-33-23(19)20/h6,8-14,21-22,34H,5,7,15H2,1-4H3,(H,30,35)(H,31,33)(H2,28,29,32). The minimum atomic E-state index is -4.18. The third kappa shape index (κ3) is 6.66. The molecular formula is C27H33N7O5S. The molecule has 2 unspecified atom stereocenters. The Morgan fingerprint density at radius 2 is 1.88 bits per heavy atom. The molecule has 212 valence electrons. The number of aromatic nitrogens is 4. The van der Waals surface area contributed by atoms with Gasteiger partial charge in [0.2, 0.25) is 16.0 Å². The van der Waals surface area contributed by atoms with E-state index in [0.29, 0.717) is 41.0 Å². The van der Waals surface area contributed by atoms with E-state index in [0.717, 1.165) is 10.9 Å². The molecule has 0 bridgehead atoms. The number of aryl methyl sites for hydroxylation is 3. The predicted octanol–water partition coefficient (Wildman–Crippen LogP) is 3.07. The number of imidazole rings is 1. The molecule has 0 saturated heterocycles. The number of carbonyl (C=O) groups is 2. The molecule has 0 spiro atoms. The third-order valence-electron chi connectivity index (χ3n) is 6.25. The smallest absolute Gasteiger partial charge is 0.327 e. The Bertz CT molecular complexity index is 1580. The zero-order valence-electron chi connectivity index (χ0n) is 22.7. The molecule has 4 rings (SSSR count). The van der Waals surface area contributed by atoms with Crippen LogP contribution in [0.3, 0.4) is 0 Å². The van der Waals surface area contributed by atoms with E-state index in [-0.39, 0.29) is 11.4 Å². The molecule has 2 aromatic carbocycles. The molecule has 4 aromatic rings. The van der Waals surface area contributed by atoms with Crippen LogP contribution in [-0.2, 0) is 19.6 Å². The van der Waals surface area contributed by atoms with Gasteiger partial charge in [0.05, 0.1) is 22.2 Å². The lowest BCUT2D eigenvalue weighted by Gasteiger charge is -2.24. The van der Waals surface area contributed by atoms with E-state index in [2.05, 4.69) is 35.5 Å². The number of hydrogen-bond acceptors (Lipinski definition) is 8. The van der Waals surface area contributed by atoms with Crippen LogP contribution in [0.15, 0.2) is 53.8 Å². The van der Waals surface area contributed by atoms with Gasteiger partial charge < -0.3 is 20.4 Å². The second-order valence-corrected chi connectivity index (χ2v) is 11.2. The van der Waals surface area contributed by atoms with Crippen LogP contribution in [0.25, 0.3) is 10.9 Å². The number of amides is 1. The van der Waals surface area contributed by atoms with Gasteiger partial charge in [-0.2, -0.15) is 9.82 Å². The summed E-state index contributed by atoms with van der Waals surface area (Å²) in [7, 11) is -4.18. The van der Waals surface area contributed by atoms with Crippen molar-refractivity contribution < 1.29 is 22.7 Å². The van der Waals surface area contributed by atoms with Gasteiger partial charge in [0, 0.05) is 30.7 Å². The molecule has 13 heteroatoms. The molecular weight excluding hydrogens is 534 g/mol. The highest BCUT2D eigenvalue weighted by Gasteiger charge is 2.31. The normalized spacial score (nSPS) is 13.1. The average molecular weight is 568 g/mol. The number of hydrogen-bond donors (Lipinski definition) is 5. The van der Waals surface area contributed by atoms with Gasteiger partial charge in [0.25, 0.3) is 5.91 Å². The highest BCUT2D eigenvalue weighted by atomic mass is 32.2. The number of anilines is 1. The number of nitrogens with one attached hydrogen (secondary N) is 5. The fourth-order valence-corrected chi connectivity index (χ4v) is 6.24. The lowest BCUT2D eigenvalue weighted by molar-refractivity contribution is -0.149. The van der Waals surface area contributed by atoms with E-state index in [9.17, 15) is 18.0 Å². The first-order valence-electron chi connectivity index (χ1n) is 12.9. The van der Waals surface area contributed by atoms with Gasteiger partial charge in [0.15, 0.2) is 6.23 Å². The molecule has 2 atom stereocenters. The van der Waals surface area contributed by atoms with Crippen molar-refractivity contribution in [3.8, 4) is 0 Å². The molecule has 1 amide bonds. The molecule has 0 aliphatic carbocycles. The van der Waals surface area contributed by atoms with Gasteiger partial charge in [-0.05, 0) is 38.0 Å².